The predicted molar refractivity (Wildman–Crippen MR) is 77.7 cm³/mol. The van der Waals surface area contributed by atoms with Crippen LogP contribution in [0.4, 0.5) is 0 Å². The van der Waals surface area contributed by atoms with Crippen molar-refractivity contribution in [3.05, 3.63) is 33.7 Å². The number of Topliss-reactive ketones (excluding diaryl/α,β-unsaturated/α-hetero) is 2. The van der Waals surface area contributed by atoms with Crippen molar-refractivity contribution in [1.29, 1.82) is 0 Å². The highest BCUT2D eigenvalue weighted by Crippen LogP contribution is 2.41. The Kier molecular flexibility index (Phi) is 3.80. The van der Waals surface area contributed by atoms with Gasteiger partial charge in [-0.2, -0.15) is 0 Å². The molecule has 0 aromatic carbocycles. The second-order valence-electron chi connectivity index (χ2n) is 4.89. The highest BCUT2D eigenvalue weighted by atomic mass is 32.1. The van der Waals surface area contributed by atoms with Crippen LogP contribution in [0.3, 0.4) is 0 Å². The quantitative estimate of drug-likeness (QED) is 0.849. The number of carbonyl (C=O) groups excluding carboxylic acids is 2. The number of carbonyl (C=O) groups is 2. The molecule has 0 saturated carbocycles. The van der Waals surface area contributed by atoms with Gasteiger partial charge in [-0.05, 0) is 39.1 Å². The van der Waals surface area contributed by atoms with E-state index in [1.54, 1.807) is 25.2 Å². The minimum atomic E-state index is -0.318. The van der Waals surface area contributed by atoms with Crippen molar-refractivity contribution in [2.75, 3.05) is 0 Å². The van der Waals surface area contributed by atoms with Crippen molar-refractivity contribution < 1.29 is 9.59 Å². The maximum absolute atomic E-state index is 12.0. The minimum Gasteiger partial charge on any atom is -0.299 e. The van der Waals surface area contributed by atoms with Gasteiger partial charge in [-0.1, -0.05) is 6.07 Å². The van der Waals surface area contributed by atoms with E-state index >= 15 is 0 Å². The molecular formula is C15H17NO2S. The first-order valence-electron chi connectivity index (χ1n) is 6.24. The monoisotopic (exact) mass is 275 g/mol. The molecule has 0 radical (unpaired) electrons. The van der Waals surface area contributed by atoms with Gasteiger partial charge in [0.15, 0.2) is 5.78 Å². The van der Waals surface area contributed by atoms with E-state index in [0.29, 0.717) is 5.57 Å². The lowest BCUT2D eigenvalue weighted by Gasteiger charge is -2.30. The van der Waals surface area contributed by atoms with Gasteiger partial charge in [0.25, 0.3) is 0 Å². The summed E-state index contributed by atoms with van der Waals surface area (Å²) in [6, 6.07) is 3.94. The predicted octanol–water partition coefficient (Wildman–Crippen LogP) is 3.37. The van der Waals surface area contributed by atoms with Gasteiger partial charge in [0.1, 0.15) is 5.78 Å². The molecule has 0 fully saturated rings. The van der Waals surface area contributed by atoms with E-state index in [0.717, 1.165) is 16.3 Å². The molecule has 1 aromatic heterocycles. The van der Waals surface area contributed by atoms with E-state index in [2.05, 4.69) is 4.99 Å². The fourth-order valence-corrected chi connectivity index (χ4v) is 3.68. The van der Waals surface area contributed by atoms with Gasteiger partial charge >= 0.3 is 0 Å². The van der Waals surface area contributed by atoms with E-state index in [-0.39, 0.29) is 23.4 Å². The van der Waals surface area contributed by atoms with E-state index in [9.17, 15) is 9.59 Å². The first kappa shape index (κ1) is 13.9. The Labute approximate surface area is 117 Å². The Balaban J connectivity index is 2.63. The van der Waals surface area contributed by atoms with Gasteiger partial charge in [-0.15, -0.1) is 11.3 Å². The van der Waals surface area contributed by atoms with Gasteiger partial charge in [0.2, 0.25) is 0 Å². The molecule has 1 unspecified atom stereocenters. The Hall–Kier alpha value is -1.55. The molecule has 0 spiro atoms. The summed E-state index contributed by atoms with van der Waals surface area (Å²) in [6.07, 6.45) is 0. The first-order valence-corrected chi connectivity index (χ1v) is 7.12. The summed E-state index contributed by atoms with van der Waals surface area (Å²) in [5, 5.41) is 1.97. The van der Waals surface area contributed by atoms with Crippen LogP contribution in [0.2, 0.25) is 0 Å². The molecule has 3 nitrogen and oxygen atoms in total. The number of rotatable bonds is 3. The highest BCUT2D eigenvalue weighted by molar-refractivity contribution is 7.10. The summed E-state index contributed by atoms with van der Waals surface area (Å²) in [4.78, 5) is 29.4. The van der Waals surface area contributed by atoms with Crippen LogP contribution in [0, 0.1) is 5.92 Å². The molecule has 0 saturated heterocycles. The van der Waals surface area contributed by atoms with Crippen LogP contribution in [0.1, 0.15) is 38.5 Å². The van der Waals surface area contributed by atoms with Gasteiger partial charge in [0, 0.05) is 27.8 Å². The summed E-state index contributed by atoms with van der Waals surface area (Å²) in [5.41, 5.74) is 2.21. The molecule has 1 aliphatic rings. The Morgan fingerprint density at radius 3 is 2.42 bits per heavy atom. The Morgan fingerprint density at radius 2 is 1.95 bits per heavy atom. The second-order valence-corrected chi connectivity index (χ2v) is 5.87. The molecule has 4 heteroatoms. The van der Waals surface area contributed by atoms with Crippen molar-refractivity contribution >= 4 is 28.6 Å². The largest absolute Gasteiger partial charge is 0.299 e. The molecule has 1 aliphatic heterocycles. The summed E-state index contributed by atoms with van der Waals surface area (Å²) in [5.74, 6) is -0.432. The molecule has 2 atom stereocenters. The van der Waals surface area contributed by atoms with E-state index in [4.69, 9.17) is 0 Å². The van der Waals surface area contributed by atoms with E-state index < -0.39 is 0 Å². The Bertz CT molecular complexity index is 581. The molecular weight excluding hydrogens is 258 g/mol. The topological polar surface area (TPSA) is 46.5 Å². The zero-order valence-electron chi connectivity index (χ0n) is 11.6. The van der Waals surface area contributed by atoms with Gasteiger partial charge in [-0.3, -0.25) is 14.6 Å². The second kappa shape index (κ2) is 5.21. The van der Waals surface area contributed by atoms with E-state index in [1.165, 1.54) is 0 Å². The molecule has 0 N–H and O–H groups in total. The van der Waals surface area contributed by atoms with Crippen LogP contribution in [0.5, 0.6) is 0 Å². The number of hydrogen-bond acceptors (Lipinski definition) is 4. The lowest BCUT2D eigenvalue weighted by Crippen LogP contribution is -2.33. The van der Waals surface area contributed by atoms with Crippen molar-refractivity contribution in [3.8, 4) is 0 Å². The summed E-state index contributed by atoms with van der Waals surface area (Å²) in [7, 11) is 0. The van der Waals surface area contributed by atoms with Crippen LogP contribution in [-0.4, -0.2) is 17.3 Å². The highest BCUT2D eigenvalue weighted by Gasteiger charge is 2.38. The zero-order valence-corrected chi connectivity index (χ0v) is 12.4. The number of hydrogen-bond donors (Lipinski definition) is 0. The number of aliphatic imine (C=N–C) groups is 1. The fourth-order valence-electron chi connectivity index (χ4n) is 2.80. The SMILES string of the molecule is CC(=O)C1=C(C)N=C(C)C(C(C)=O)[C@@H]1c1cccs1. The molecule has 2 heterocycles. The molecule has 0 aliphatic carbocycles. The summed E-state index contributed by atoms with van der Waals surface area (Å²) in [6.45, 7) is 6.83. The van der Waals surface area contributed by atoms with Crippen LogP contribution in [-0.2, 0) is 9.59 Å². The lowest BCUT2D eigenvalue weighted by molar-refractivity contribution is -0.119. The average Bonchev–Trinajstić information content (AvgIpc) is 2.79. The number of ketones is 2. The number of allylic oxidation sites excluding steroid dienone is 2. The van der Waals surface area contributed by atoms with Crippen molar-refractivity contribution in [3.63, 3.8) is 0 Å². The Morgan fingerprint density at radius 1 is 1.26 bits per heavy atom. The summed E-state index contributed by atoms with van der Waals surface area (Å²) < 4.78 is 0. The molecule has 1 aromatic rings. The third-order valence-corrected chi connectivity index (χ3v) is 4.45. The van der Waals surface area contributed by atoms with Crippen molar-refractivity contribution in [2.24, 2.45) is 10.9 Å². The van der Waals surface area contributed by atoms with Crippen LogP contribution < -0.4 is 0 Å². The third-order valence-electron chi connectivity index (χ3n) is 3.50. The molecule has 100 valence electrons. The summed E-state index contributed by atoms with van der Waals surface area (Å²) >= 11 is 1.58. The van der Waals surface area contributed by atoms with Crippen LogP contribution in [0.25, 0.3) is 0 Å². The molecule has 0 amide bonds. The minimum absolute atomic E-state index is 0.00148. The van der Waals surface area contributed by atoms with Crippen LogP contribution >= 0.6 is 11.3 Å². The maximum atomic E-state index is 12.0. The molecule has 2 rings (SSSR count). The van der Waals surface area contributed by atoms with Gasteiger partial charge in [0.05, 0.1) is 5.92 Å². The molecule has 19 heavy (non-hydrogen) atoms. The number of thiophene rings is 1. The van der Waals surface area contributed by atoms with Gasteiger partial charge < -0.3 is 0 Å². The molecule has 0 bridgehead atoms. The fraction of sp³-hybridized carbons (Fsp3) is 0.400. The first-order chi connectivity index (χ1) is 8.93. The van der Waals surface area contributed by atoms with Crippen molar-refractivity contribution in [1.82, 2.24) is 0 Å². The van der Waals surface area contributed by atoms with Gasteiger partial charge in [-0.25, -0.2) is 0 Å². The normalized spacial score (nSPS) is 23.3. The zero-order chi connectivity index (χ0) is 14.2. The van der Waals surface area contributed by atoms with Crippen molar-refractivity contribution in [2.45, 2.75) is 33.6 Å². The standard InChI is InChI=1S/C15H17NO2S/c1-8-13(10(3)17)15(12-6-5-7-19-12)14(11(4)18)9(2)16-8/h5-7,13,15H,1-4H3/t13?,15-/m0/s1. The van der Waals surface area contributed by atoms with Crippen LogP contribution in [0.15, 0.2) is 33.8 Å². The average molecular weight is 275 g/mol. The third kappa shape index (κ3) is 2.45. The number of nitrogens with zero attached hydrogens (tertiary/aromatic N) is 1. The maximum Gasteiger partial charge on any atom is 0.158 e. The smallest absolute Gasteiger partial charge is 0.158 e. The van der Waals surface area contributed by atoms with E-state index in [1.807, 2.05) is 31.4 Å². The lowest BCUT2D eigenvalue weighted by atomic mass is 9.76.